The van der Waals surface area contributed by atoms with Crippen molar-refractivity contribution in [3.05, 3.63) is 66.4 Å². The molecule has 0 bridgehead atoms. The third-order valence-corrected chi connectivity index (χ3v) is 3.83. The van der Waals surface area contributed by atoms with E-state index in [1.165, 1.54) is 20.7 Å². The summed E-state index contributed by atoms with van der Waals surface area (Å²) in [5, 5.41) is 1.20. The Hall–Kier alpha value is -1.80. The van der Waals surface area contributed by atoms with E-state index in [4.69, 9.17) is 0 Å². The predicted octanol–water partition coefficient (Wildman–Crippen LogP) is 4.69. The smallest absolute Gasteiger partial charge is 0.0731 e. The summed E-state index contributed by atoms with van der Waals surface area (Å²) in [6.07, 6.45) is 1.85. The van der Waals surface area contributed by atoms with Crippen molar-refractivity contribution < 1.29 is 0 Å². The molecule has 0 N–H and O–H groups in total. The van der Waals surface area contributed by atoms with Crippen LogP contribution in [0.15, 0.2) is 70.6 Å². The van der Waals surface area contributed by atoms with Gasteiger partial charge in [-0.3, -0.25) is 4.98 Å². The van der Waals surface area contributed by atoms with E-state index in [2.05, 4.69) is 54.4 Å². The molecule has 3 rings (SSSR count). The Kier molecular flexibility index (Phi) is 3.03. The standard InChI is InChI=1S/C16H13NS/c1-12-10-15(18-14-7-3-2-4-8-14)11-13-6-5-9-17-16(12)13/h2-11H,1H3. The highest BCUT2D eigenvalue weighted by molar-refractivity contribution is 7.99. The van der Waals surface area contributed by atoms with E-state index in [0.29, 0.717) is 0 Å². The van der Waals surface area contributed by atoms with Gasteiger partial charge in [-0.25, -0.2) is 0 Å². The third kappa shape index (κ3) is 2.24. The largest absolute Gasteiger partial charge is 0.256 e. The van der Waals surface area contributed by atoms with E-state index in [1.807, 2.05) is 18.3 Å². The Morgan fingerprint density at radius 1 is 0.889 bits per heavy atom. The van der Waals surface area contributed by atoms with Gasteiger partial charge in [0.15, 0.2) is 0 Å². The zero-order valence-electron chi connectivity index (χ0n) is 10.1. The minimum Gasteiger partial charge on any atom is -0.256 e. The van der Waals surface area contributed by atoms with Crippen LogP contribution in [0.4, 0.5) is 0 Å². The number of nitrogens with zero attached hydrogens (tertiary/aromatic N) is 1. The van der Waals surface area contributed by atoms with E-state index in [-0.39, 0.29) is 0 Å². The van der Waals surface area contributed by atoms with Crippen LogP contribution in [0.2, 0.25) is 0 Å². The Balaban J connectivity index is 2.03. The molecule has 88 valence electrons. The Labute approximate surface area is 111 Å². The van der Waals surface area contributed by atoms with Crippen LogP contribution in [0.5, 0.6) is 0 Å². The molecule has 18 heavy (non-hydrogen) atoms. The molecule has 0 atom stereocenters. The lowest BCUT2D eigenvalue weighted by Crippen LogP contribution is -1.84. The molecule has 1 nitrogen and oxygen atoms in total. The summed E-state index contributed by atoms with van der Waals surface area (Å²) in [6, 6.07) is 18.9. The normalized spacial score (nSPS) is 10.7. The summed E-state index contributed by atoms with van der Waals surface area (Å²) in [5.74, 6) is 0. The van der Waals surface area contributed by atoms with Crippen molar-refractivity contribution in [2.24, 2.45) is 0 Å². The highest BCUT2D eigenvalue weighted by Gasteiger charge is 2.03. The van der Waals surface area contributed by atoms with E-state index in [1.54, 1.807) is 11.8 Å². The molecule has 1 heterocycles. The first-order valence-corrected chi connectivity index (χ1v) is 6.73. The second kappa shape index (κ2) is 4.83. The monoisotopic (exact) mass is 251 g/mol. The fourth-order valence-corrected chi connectivity index (χ4v) is 3.01. The van der Waals surface area contributed by atoms with E-state index in [0.717, 1.165) is 5.52 Å². The molecule has 0 spiro atoms. The molecular weight excluding hydrogens is 238 g/mol. The summed E-state index contributed by atoms with van der Waals surface area (Å²) < 4.78 is 0. The van der Waals surface area contributed by atoms with E-state index in [9.17, 15) is 0 Å². The predicted molar refractivity (Wildman–Crippen MR) is 77.0 cm³/mol. The Morgan fingerprint density at radius 3 is 2.56 bits per heavy atom. The van der Waals surface area contributed by atoms with Gasteiger partial charge in [-0.15, -0.1) is 0 Å². The quantitative estimate of drug-likeness (QED) is 0.655. The van der Waals surface area contributed by atoms with Gasteiger partial charge in [-0.2, -0.15) is 0 Å². The average molecular weight is 251 g/mol. The Morgan fingerprint density at radius 2 is 1.72 bits per heavy atom. The van der Waals surface area contributed by atoms with Crippen LogP contribution in [0.25, 0.3) is 10.9 Å². The Bertz CT molecular complexity index is 677. The molecule has 3 aromatic rings. The second-order valence-electron chi connectivity index (χ2n) is 4.23. The van der Waals surface area contributed by atoms with Gasteiger partial charge < -0.3 is 0 Å². The molecule has 0 fully saturated rings. The second-order valence-corrected chi connectivity index (χ2v) is 5.38. The number of pyridine rings is 1. The van der Waals surface area contributed by atoms with Gasteiger partial charge in [0.25, 0.3) is 0 Å². The summed E-state index contributed by atoms with van der Waals surface area (Å²) in [7, 11) is 0. The molecule has 1 aromatic heterocycles. The maximum atomic E-state index is 4.42. The molecule has 2 aromatic carbocycles. The van der Waals surface area contributed by atoms with Crippen LogP contribution >= 0.6 is 11.8 Å². The van der Waals surface area contributed by atoms with Crippen molar-refractivity contribution in [2.45, 2.75) is 16.7 Å². The van der Waals surface area contributed by atoms with Gasteiger partial charge in [-0.05, 0) is 42.8 Å². The SMILES string of the molecule is Cc1cc(Sc2ccccc2)cc2cccnc12. The van der Waals surface area contributed by atoms with Gasteiger partial charge in [0, 0.05) is 21.4 Å². The fourth-order valence-electron chi connectivity index (χ4n) is 2.02. The molecule has 2 heteroatoms. The molecular formula is C16H13NS. The van der Waals surface area contributed by atoms with Crippen molar-refractivity contribution >= 4 is 22.7 Å². The first kappa shape index (κ1) is 11.3. The van der Waals surface area contributed by atoms with Crippen molar-refractivity contribution in [3.63, 3.8) is 0 Å². The van der Waals surface area contributed by atoms with Gasteiger partial charge >= 0.3 is 0 Å². The summed E-state index contributed by atoms with van der Waals surface area (Å²) in [4.78, 5) is 6.95. The summed E-state index contributed by atoms with van der Waals surface area (Å²) >= 11 is 1.79. The van der Waals surface area contributed by atoms with Crippen LogP contribution in [-0.4, -0.2) is 4.98 Å². The molecule has 0 radical (unpaired) electrons. The molecule has 0 saturated carbocycles. The number of hydrogen-bond acceptors (Lipinski definition) is 2. The number of rotatable bonds is 2. The number of fused-ring (bicyclic) bond motifs is 1. The first-order chi connectivity index (χ1) is 8.83. The van der Waals surface area contributed by atoms with Gasteiger partial charge in [0.05, 0.1) is 5.52 Å². The highest BCUT2D eigenvalue weighted by atomic mass is 32.2. The van der Waals surface area contributed by atoms with Crippen LogP contribution in [0.3, 0.4) is 0 Å². The lowest BCUT2D eigenvalue weighted by molar-refractivity contribution is 1.32. The molecule has 0 saturated heterocycles. The molecule has 0 aliphatic carbocycles. The minimum absolute atomic E-state index is 1.09. The van der Waals surface area contributed by atoms with Crippen LogP contribution in [0.1, 0.15) is 5.56 Å². The lowest BCUT2D eigenvalue weighted by Gasteiger charge is -2.06. The van der Waals surface area contributed by atoms with Crippen LogP contribution < -0.4 is 0 Å². The van der Waals surface area contributed by atoms with E-state index >= 15 is 0 Å². The lowest BCUT2D eigenvalue weighted by atomic mass is 10.1. The molecule has 0 aliphatic heterocycles. The van der Waals surface area contributed by atoms with Gasteiger partial charge in [0.1, 0.15) is 0 Å². The van der Waals surface area contributed by atoms with E-state index < -0.39 is 0 Å². The molecule has 0 aliphatic rings. The summed E-state index contributed by atoms with van der Waals surface area (Å²) in [5.41, 5.74) is 2.32. The topological polar surface area (TPSA) is 12.9 Å². The number of hydrogen-bond donors (Lipinski definition) is 0. The van der Waals surface area contributed by atoms with Crippen LogP contribution in [-0.2, 0) is 0 Å². The van der Waals surface area contributed by atoms with Crippen molar-refractivity contribution in [3.8, 4) is 0 Å². The van der Waals surface area contributed by atoms with Gasteiger partial charge in [0.2, 0.25) is 0 Å². The maximum absolute atomic E-state index is 4.42. The molecule has 0 unspecified atom stereocenters. The van der Waals surface area contributed by atoms with Crippen molar-refractivity contribution in [1.29, 1.82) is 0 Å². The number of benzene rings is 2. The van der Waals surface area contributed by atoms with Crippen LogP contribution in [0, 0.1) is 6.92 Å². The third-order valence-electron chi connectivity index (χ3n) is 2.85. The zero-order chi connectivity index (χ0) is 12.4. The average Bonchev–Trinajstić information content (AvgIpc) is 2.40. The fraction of sp³-hybridized carbons (Fsp3) is 0.0625. The zero-order valence-corrected chi connectivity index (χ0v) is 10.9. The van der Waals surface area contributed by atoms with Crippen molar-refractivity contribution in [2.75, 3.05) is 0 Å². The minimum atomic E-state index is 1.09. The highest BCUT2D eigenvalue weighted by Crippen LogP contribution is 2.31. The van der Waals surface area contributed by atoms with Crippen molar-refractivity contribution in [1.82, 2.24) is 4.98 Å². The molecule has 0 amide bonds. The maximum Gasteiger partial charge on any atom is 0.0731 e. The number of aromatic nitrogens is 1. The summed E-state index contributed by atoms with van der Waals surface area (Å²) in [6.45, 7) is 2.12. The number of aryl methyl sites for hydroxylation is 1. The first-order valence-electron chi connectivity index (χ1n) is 5.91. The van der Waals surface area contributed by atoms with Gasteiger partial charge in [-0.1, -0.05) is 36.0 Å².